The smallest absolute Gasteiger partial charge is 0.339 e. The number of piperidine rings is 2. The van der Waals surface area contributed by atoms with E-state index in [-0.39, 0.29) is 11.1 Å². The molecule has 0 saturated carbocycles. The Morgan fingerprint density at radius 2 is 1.10 bits per heavy atom. The number of carboxylic acids is 2. The first-order chi connectivity index (χ1) is 30.7. The van der Waals surface area contributed by atoms with E-state index >= 15 is 0 Å². The molecule has 334 valence electrons. The van der Waals surface area contributed by atoms with Crippen LogP contribution in [0.5, 0.6) is 11.5 Å². The van der Waals surface area contributed by atoms with Crippen LogP contribution in [0.25, 0.3) is 21.8 Å². The highest BCUT2D eigenvalue weighted by molar-refractivity contribution is 6.31. The first-order valence-corrected chi connectivity index (χ1v) is 22.9. The van der Waals surface area contributed by atoms with Crippen LogP contribution in [-0.4, -0.2) is 107 Å². The predicted molar refractivity (Wildman–Crippen MR) is 250 cm³/mol. The number of para-hydroxylation sites is 3. The van der Waals surface area contributed by atoms with Gasteiger partial charge in [-0.1, -0.05) is 61.0 Å². The van der Waals surface area contributed by atoms with Crippen molar-refractivity contribution in [2.24, 2.45) is 0 Å². The molecule has 2 aliphatic heterocycles. The van der Waals surface area contributed by atoms with Crippen molar-refractivity contribution >= 4 is 45.3 Å². The fourth-order valence-corrected chi connectivity index (χ4v) is 9.36. The van der Waals surface area contributed by atoms with Crippen LogP contribution in [0.1, 0.15) is 89.6 Å². The van der Waals surface area contributed by atoms with Crippen LogP contribution in [0.2, 0.25) is 5.02 Å². The number of hydrogen-bond donors (Lipinski definition) is 2. The van der Waals surface area contributed by atoms with Crippen LogP contribution >= 0.6 is 11.6 Å². The van der Waals surface area contributed by atoms with E-state index in [4.69, 9.17) is 25.8 Å². The summed E-state index contributed by atoms with van der Waals surface area (Å²) in [6.45, 7) is 14.2. The summed E-state index contributed by atoms with van der Waals surface area (Å²) in [5.74, 6) is 0.0444. The van der Waals surface area contributed by atoms with E-state index in [1.165, 1.54) is 32.9 Å². The van der Waals surface area contributed by atoms with Gasteiger partial charge in [0.2, 0.25) is 0 Å². The van der Waals surface area contributed by atoms with Gasteiger partial charge >= 0.3 is 11.9 Å². The molecule has 0 bridgehead atoms. The quantitative estimate of drug-likeness (QED) is 0.0814. The average molecular weight is 878 g/mol. The number of aromatic nitrogens is 2. The van der Waals surface area contributed by atoms with Gasteiger partial charge in [0.05, 0.1) is 6.61 Å². The van der Waals surface area contributed by atoms with Crippen LogP contribution < -0.4 is 9.47 Å². The largest absolute Gasteiger partial charge is 0.491 e. The zero-order valence-electron chi connectivity index (χ0n) is 36.6. The molecule has 0 unspecified atom stereocenters. The van der Waals surface area contributed by atoms with E-state index in [0.29, 0.717) is 43.2 Å². The lowest BCUT2D eigenvalue weighted by molar-refractivity contribution is 0.0680. The van der Waals surface area contributed by atoms with Crippen LogP contribution in [0.3, 0.4) is 0 Å². The van der Waals surface area contributed by atoms with E-state index in [1.54, 1.807) is 42.5 Å². The second-order valence-corrected chi connectivity index (χ2v) is 16.9. The zero-order valence-corrected chi connectivity index (χ0v) is 37.3. The minimum Gasteiger partial charge on any atom is -0.491 e. The van der Waals surface area contributed by atoms with Gasteiger partial charge in [-0.25, -0.2) is 9.59 Å². The number of ether oxygens (including phenoxy) is 3. The van der Waals surface area contributed by atoms with Gasteiger partial charge in [0.15, 0.2) is 0 Å². The third-order valence-electron chi connectivity index (χ3n) is 12.5. The lowest BCUT2D eigenvalue weighted by Gasteiger charge is -2.31. The molecule has 2 aliphatic rings. The van der Waals surface area contributed by atoms with Crippen molar-refractivity contribution in [2.45, 2.75) is 70.9 Å². The van der Waals surface area contributed by atoms with E-state index in [1.807, 2.05) is 19.1 Å². The summed E-state index contributed by atoms with van der Waals surface area (Å²) in [5, 5.41) is 22.0. The van der Waals surface area contributed by atoms with Crippen molar-refractivity contribution < 1.29 is 34.0 Å². The van der Waals surface area contributed by atoms with Gasteiger partial charge in [0.1, 0.15) is 35.8 Å². The maximum atomic E-state index is 11.3. The van der Waals surface area contributed by atoms with Crippen LogP contribution in [-0.2, 0) is 17.8 Å². The molecule has 4 heterocycles. The SMILES string of the molecule is CCCn1cc(C2CCN(CCOc3ccccc3C(=O)O)CC2)c2ccccc21.CCOCCn1cc(C2CCN(CCOc3ccccc3C(=O)O)CC2)c2cc(Cl)ccc21. The Kier molecular flexibility index (Phi) is 16.2. The highest BCUT2D eigenvalue weighted by Crippen LogP contribution is 2.37. The van der Waals surface area contributed by atoms with Gasteiger partial charge in [0, 0.05) is 72.0 Å². The van der Waals surface area contributed by atoms with Crippen molar-refractivity contribution in [3.8, 4) is 11.5 Å². The average Bonchev–Trinajstić information content (AvgIpc) is 3.85. The number of rotatable bonds is 18. The van der Waals surface area contributed by atoms with Gasteiger partial charge in [-0.15, -0.1) is 0 Å². The fraction of sp³-hybridized carbons (Fsp3) is 0.412. The molecule has 8 rings (SSSR count). The van der Waals surface area contributed by atoms with E-state index in [0.717, 1.165) is 96.1 Å². The number of fused-ring (bicyclic) bond motifs is 2. The zero-order chi connectivity index (χ0) is 44.1. The van der Waals surface area contributed by atoms with Crippen LogP contribution in [0.4, 0.5) is 0 Å². The Morgan fingerprint density at radius 3 is 1.63 bits per heavy atom. The second-order valence-electron chi connectivity index (χ2n) is 16.5. The number of likely N-dealkylation sites (tertiary alicyclic amines) is 2. The molecule has 12 heteroatoms. The number of halogens is 1. The summed E-state index contributed by atoms with van der Waals surface area (Å²) >= 11 is 6.33. The molecule has 2 fully saturated rings. The first-order valence-electron chi connectivity index (χ1n) is 22.5. The summed E-state index contributed by atoms with van der Waals surface area (Å²) in [7, 11) is 0. The Labute approximate surface area is 375 Å². The third kappa shape index (κ3) is 11.6. The number of benzene rings is 4. The minimum absolute atomic E-state index is 0.204. The molecular weight excluding hydrogens is 816 g/mol. The highest BCUT2D eigenvalue weighted by Gasteiger charge is 2.26. The molecule has 11 nitrogen and oxygen atoms in total. The number of aryl methyl sites for hydroxylation is 1. The summed E-state index contributed by atoms with van der Waals surface area (Å²) in [5.41, 5.74) is 5.85. The van der Waals surface area contributed by atoms with Gasteiger partial charge in [-0.2, -0.15) is 0 Å². The van der Waals surface area contributed by atoms with Crippen LogP contribution in [0.15, 0.2) is 103 Å². The Bertz CT molecular complexity index is 2430. The normalized spacial score (nSPS) is 15.3. The molecule has 2 saturated heterocycles. The van der Waals surface area contributed by atoms with Gasteiger partial charge in [-0.05, 0) is 137 Å². The molecule has 6 aromatic rings. The third-order valence-corrected chi connectivity index (χ3v) is 12.7. The Hall–Kier alpha value is -5.33. The second kappa shape index (κ2) is 22.3. The number of carbonyl (C=O) groups is 2. The highest BCUT2D eigenvalue weighted by atomic mass is 35.5. The maximum absolute atomic E-state index is 11.3. The Balaban J connectivity index is 0.000000190. The monoisotopic (exact) mass is 876 g/mol. The standard InChI is InChI=1S/C26H31ClN2O4.C25H30N2O3/c1-2-32-15-14-29-18-23(22-17-20(27)7-8-24(22)29)19-9-11-28(12-10-19)13-16-33-25-6-4-3-5-21(25)26(30)31;1-2-13-27-18-22(20-7-3-5-9-23(20)27)19-11-14-26(15-12-19)16-17-30-24-10-6-4-8-21(24)25(28)29/h3-8,17-19H,2,9-16H2,1H3,(H,30,31);3-10,18-19H,2,11-17H2,1H3,(H,28,29). The molecule has 4 aromatic carbocycles. The van der Waals surface area contributed by atoms with Gasteiger partial charge in [-0.3, -0.25) is 9.80 Å². The molecule has 0 radical (unpaired) electrons. The van der Waals surface area contributed by atoms with E-state index < -0.39 is 11.9 Å². The molecule has 0 spiro atoms. The van der Waals surface area contributed by atoms with Crippen molar-refractivity contribution in [3.05, 3.63) is 131 Å². The van der Waals surface area contributed by atoms with Crippen molar-refractivity contribution in [1.29, 1.82) is 0 Å². The molecule has 2 aromatic heterocycles. The maximum Gasteiger partial charge on any atom is 0.339 e. The number of carboxylic acid groups (broad SMARTS) is 2. The van der Waals surface area contributed by atoms with Crippen molar-refractivity contribution in [2.75, 3.05) is 65.7 Å². The van der Waals surface area contributed by atoms with Crippen molar-refractivity contribution in [1.82, 2.24) is 18.9 Å². The molecule has 63 heavy (non-hydrogen) atoms. The topological polar surface area (TPSA) is 119 Å². The molecule has 2 N–H and O–H groups in total. The summed E-state index contributed by atoms with van der Waals surface area (Å²) in [4.78, 5) is 27.5. The van der Waals surface area contributed by atoms with E-state index in [2.05, 4.69) is 74.6 Å². The predicted octanol–water partition coefficient (Wildman–Crippen LogP) is 10.3. The van der Waals surface area contributed by atoms with Crippen LogP contribution in [0, 0.1) is 0 Å². The number of aromatic carboxylic acids is 2. The Morgan fingerprint density at radius 1 is 0.603 bits per heavy atom. The van der Waals surface area contributed by atoms with Gasteiger partial charge in [0.25, 0.3) is 0 Å². The van der Waals surface area contributed by atoms with E-state index in [9.17, 15) is 19.8 Å². The number of hydrogen-bond acceptors (Lipinski definition) is 7. The molecule has 0 atom stereocenters. The van der Waals surface area contributed by atoms with Gasteiger partial charge < -0.3 is 33.6 Å². The summed E-state index contributed by atoms with van der Waals surface area (Å²) < 4.78 is 21.8. The molecule has 0 amide bonds. The number of nitrogens with zero attached hydrogens (tertiary/aromatic N) is 4. The summed E-state index contributed by atoms with van der Waals surface area (Å²) in [6, 6.07) is 28.5. The summed E-state index contributed by atoms with van der Waals surface area (Å²) in [6.07, 6.45) is 10.2. The first kappa shape index (κ1) is 45.7. The lowest BCUT2D eigenvalue weighted by atomic mass is 9.89. The lowest BCUT2D eigenvalue weighted by Crippen LogP contribution is -2.35. The minimum atomic E-state index is -0.966. The van der Waals surface area contributed by atoms with Crippen molar-refractivity contribution in [3.63, 3.8) is 0 Å². The molecule has 0 aliphatic carbocycles. The molecular formula is C51H61ClN4O7. The fourth-order valence-electron chi connectivity index (χ4n) is 9.18.